The average Bonchev–Trinajstić information content (AvgIpc) is 2.17. The van der Waals surface area contributed by atoms with Gasteiger partial charge in [-0.05, 0) is 31.1 Å². The number of aryl methyl sites for hydroxylation is 1. The molecule has 0 bridgehead atoms. The zero-order valence-corrected chi connectivity index (χ0v) is 8.74. The normalized spacial score (nSPS) is 10.5. The molecule has 1 aromatic rings. The van der Waals surface area contributed by atoms with E-state index in [0.717, 1.165) is 11.1 Å². The summed E-state index contributed by atoms with van der Waals surface area (Å²) in [6.45, 7) is 3.91. The minimum atomic E-state index is -0.386. The molecule has 0 aromatic carbocycles. The first-order valence-corrected chi connectivity index (χ1v) is 4.67. The third kappa shape index (κ3) is 3.42. The number of ether oxygens (including phenoxy) is 1. The van der Waals surface area contributed by atoms with Crippen LogP contribution >= 0.6 is 0 Å². The Kier molecular flexibility index (Phi) is 3.85. The largest absolute Gasteiger partial charge is 0.463 e. The second-order valence-electron chi connectivity index (χ2n) is 3.02. The predicted molar refractivity (Wildman–Crippen MR) is 57.5 cm³/mol. The maximum atomic E-state index is 11.0. The number of hydrogen-bond donors (Lipinski definition) is 1. The molecule has 1 aromatic heterocycles. The van der Waals surface area contributed by atoms with Gasteiger partial charge in [0, 0.05) is 18.3 Å². The zero-order valence-electron chi connectivity index (χ0n) is 8.74. The van der Waals surface area contributed by atoms with E-state index in [0.29, 0.717) is 6.61 Å². The van der Waals surface area contributed by atoms with Crippen molar-refractivity contribution in [2.45, 2.75) is 13.8 Å². The molecule has 4 nitrogen and oxygen atoms in total. The van der Waals surface area contributed by atoms with Crippen LogP contribution in [-0.4, -0.2) is 17.6 Å². The fraction of sp³-hybridized carbons (Fsp3) is 0.273. The predicted octanol–water partition coefficient (Wildman–Crippen LogP) is 1.26. The summed E-state index contributed by atoms with van der Waals surface area (Å²) < 4.78 is 4.73. The highest BCUT2D eigenvalue weighted by Gasteiger charge is 1.97. The molecule has 0 fully saturated rings. The molecule has 1 N–H and O–H groups in total. The highest BCUT2D eigenvalue weighted by Crippen LogP contribution is 2.04. The van der Waals surface area contributed by atoms with E-state index >= 15 is 0 Å². The van der Waals surface area contributed by atoms with Gasteiger partial charge in [-0.3, -0.25) is 4.79 Å². The van der Waals surface area contributed by atoms with E-state index in [4.69, 9.17) is 4.74 Å². The molecule has 0 aliphatic rings. The van der Waals surface area contributed by atoms with E-state index in [1.54, 1.807) is 26.1 Å². The van der Waals surface area contributed by atoms with Crippen molar-refractivity contribution in [2.75, 3.05) is 6.61 Å². The van der Waals surface area contributed by atoms with Gasteiger partial charge in [-0.2, -0.15) is 0 Å². The summed E-state index contributed by atoms with van der Waals surface area (Å²) >= 11 is 0. The molecule has 0 radical (unpaired) electrons. The monoisotopic (exact) mass is 207 g/mol. The summed E-state index contributed by atoms with van der Waals surface area (Å²) in [7, 11) is 0. The van der Waals surface area contributed by atoms with Crippen LogP contribution in [0.4, 0.5) is 0 Å². The standard InChI is InChI=1S/C11H13NO3/c1-3-15-11(14)5-4-9-7-12-10(13)6-8(9)2/h4-7H,3H2,1-2H3,(H,12,13). The first kappa shape index (κ1) is 11.2. The molecule has 0 amide bonds. The topological polar surface area (TPSA) is 59.2 Å². The van der Waals surface area contributed by atoms with E-state index in [-0.39, 0.29) is 11.5 Å². The van der Waals surface area contributed by atoms with Gasteiger partial charge < -0.3 is 9.72 Å². The molecule has 80 valence electrons. The molecule has 15 heavy (non-hydrogen) atoms. The molecule has 0 unspecified atom stereocenters. The smallest absolute Gasteiger partial charge is 0.330 e. The van der Waals surface area contributed by atoms with Gasteiger partial charge in [0.2, 0.25) is 5.56 Å². The lowest BCUT2D eigenvalue weighted by Crippen LogP contribution is -2.04. The summed E-state index contributed by atoms with van der Waals surface area (Å²) in [5.41, 5.74) is 1.46. The number of H-pyrrole nitrogens is 1. The van der Waals surface area contributed by atoms with E-state index in [2.05, 4.69) is 4.98 Å². The molecule has 0 saturated heterocycles. The molecule has 0 atom stereocenters. The Morgan fingerprint density at radius 2 is 2.33 bits per heavy atom. The number of aromatic nitrogens is 1. The lowest BCUT2D eigenvalue weighted by Gasteiger charge is -1.98. The number of nitrogens with one attached hydrogen (secondary N) is 1. The molecule has 1 rings (SSSR count). The van der Waals surface area contributed by atoms with Crippen LogP contribution in [0, 0.1) is 6.92 Å². The third-order valence-electron chi connectivity index (χ3n) is 1.86. The number of carbonyl (C=O) groups excluding carboxylic acids is 1. The van der Waals surface area contributed by atoms with Gasteiger partial charge in [-0.15, -0.1) is 0 Å². The van der Waals surface area contributed by atoms with Crippen LogP contribution < -0.4 is 5.56 Å². The molecule has 0 aliphatic carbocycles. The molecule has 1 heterocycles. The fourth-order valence-corrected chi connectivity index (χ4v) is 1.11. The fourth-order valence-electron chi connectivity index (χ4n) is 1.11. The minimum absolute atomic E-state index is 0.152. The number of esters is 1. The average molecular weight is 207 g/mol. The summed E-state index contributed by atoms with van der Waals surface area (Å²) in [5.74, 6) is -0.386. The van der Waals surface area contributed by atoms with Crippen LogP contribution in [0.5, 0.6) is 0 Å². The van der Waals surface area contributed by atoms with Crippen molar-refractivity contribution in [3.05, 3.63) is 39.8 Å². The Morgan fingerprint density at radius 1 is 1.60 bits per heavy atom. The van der Waals surface area contributed by atoms with Gasteiger partial charge in [-0.25, -0.2) is 4.79 Å². The van der Waals surface area contributed by atoms with Crippen molar-refractivity contribution < 1.29 is 9.53 Å². The first-order chi connectivity index (χ1) is 7.13. The maximum absolute atomic E-state index is 11.0. The Bertz CT molecular complexity index is 432. The molecule has 0 saturated carbocycles. The van der Waals surface area contributed by atoms with Gasteiger partial charge in [0.05, 0.1) is 6.61 Å². The molecule has 0 aliphatic heterocycles. The van der Waals surface area contributed by atoms with Crippen molar-refractivity contribution >= 4 is 12.0 Å². The maximum Gasteiger partial charge on any atom is 0.330 e. The second kappa shape index (κ2) is 5.14. The minimum Gasteiger partial charge on any atom is -0.463 e. The SMILES string of the molecule is CCOC(=O)C=Cc1c[nH]c(=O)cc1C. The summed E-state index contributed by atoms with van der Waals surface area (Å²) in [6.07, 6.45) is 4.51. The zero-order chi connectivity index (χ0) is 11.3. The van der Waals surface area contributed by atoms with Crippen LogP contribution in [0.2, 0.25) is 0 Å². The Hall–Kier alpha value is -1.84. The highest BCUT2D eigenvalue weighted by atomic mass is 16.5. The Balaban J connectivity index is 2.81. The van der Waals surface area contributed by atoms with Gasteiger partial charge in [0.1, 0.15) is 0 Å². The molecular formula is C11H13NO3. The number of hydrogen-bond acceptors (Lipinski definition) is 3. The van der Waals surface area contributed by atoms with Crippen molar-refractivity contribution in [3.63, 3.8) is 0 Å². The Labute approximate surface area is 87.6 Å². The molecule has 4 heteroatoms. The van der Waals surface area contributed by atoms with Crippen molar-refractivity contribution in [1.29, 1.82) is 0 Å². The van der Waals surface area contributed by atoms with E-state index in [1.165, 1.54) is 12.1 Å². The summed E-state index contributed by atoms with van der Waals surface area (Å²) in [4.78, 5) is 24.5. The Morgan fingerprint density at radius 3 is 2.93 bits per heavy atom. The van der Waals surface area contributed by atoms with Gasteiger partial charge in [0.15, 0.2) is 0 Å². The highest BCUT2D eigenvalue weighted by molar-refractivity contribution is 5.87. The lowest BCUT2D eigenvalue weighted by atomic mass is 10.1. The van der Waals surface area contributed by atoms with Crippen LogP contribution in [0.3, 0.4) is 0 Å². The first-order valence-electron chi connectivity index (χ1n) is 4.67. The van der Waals surface area contributed by atoms with Crippen LogP contribution in [0.25, 0.3) is 6.08 Å². The van der Waals surface area contributed by atoms with Gasteiger partial charge >= 0.3 is 5.97 Å². The van der Waals surface area contributed by atoms with Crippen LogP contribution in [0.15, 0.2) is 23.1 Å². The van der Waals surface area contributed by atoms with Gasteiger partial charge in [-0.1, -0.05) is 0 Å². The lowest BCUT2D eigenvalue weighted by molar-refractivity contribution is -0.137. The third-order valence-corrected chi connectivity index (χ3v) is 1.86. The number of carbonyl (C=O) groups is 1. The molecule has 0 spiro atoms. The van der Waals surface area contributed by atoms with Crippen LogP contribution in [0.1, 0.15) is 18.1 Å². The van der Waals surface area contributed by atoms with Gasteiger partial charge in [0.25, 0.3) is 0 Å². The van der Waals surface area contributed by atoms with Crippen LogP contribution in [-0.2, 0) is 9.53 Å². The van der Waals surface area contributed by atoms with Crippen molar-refractivity contribution in [2.24, 2.45) is 0 Å². The quantitative estimate of drug-likeness (QED) is 0.599. The number of rotatable bonds is 3. The van der Waals surface area contributed by atoms with E-state index in [9.17, 15) is 9.59 Å². The van der Waals surface area contributed by atoms with E-state index < -0.39 is 0 Å². The summed E-state index contributed by atoms with van der Waals surface area (Å²) in [6, 6.07) is 1.48. The second-order valence-corrected chi connectivity index (χ2v) is 3.02. The number of aromatic amines is 1. The van der Waals surface area contributed by atoms with Crippen molar-refractivity contribution in [1.82, 2.24) is 4.98 Å². The van der Waals surface area contributed by atoms with Crippen molar-refractivity contribution in [3.8, 4) is 0 Å². The number of pyridine rings is 1. The summed E-state index contributed by atoms with van der Waals surface area (Å²) in [5, 5.41) is 0. The van der Waals surface area contributed by atoms with E-state index in [1.807, 2.05) is 0 Å². The molecular weight excluding hydrogens is 194 g/mol.